The van der Waals surface area contributed by atoms with Crippen LogP contribution in [0.4, 0.5) is 0 Å². The van der Waals surface area contributed by atoms with Crippen molar-refractivity contribution < 1.29 is 45.0 Å². The van der Waals surface area contributed by atoms with Gasteiger partial charge in [0.1, 0.15) is 0 Å². The van der Waals surface area contributed by atoms with Gasteiger partial charge in [0, 0.05) is 6.08 Å². The van der Waals surface area contributed by atoms with Crippen LogP contribution in [0.3, 0.4) is 0 Å². The monoisotopic (exact) mass is 262 g/mol. The number of hydrogen-bond donors (Lipinski definition) is 6. The van der Waals surface area contributed by atoms with E-state index in [1.807, 2.05) is 0 Å². The van der Waals surface area contributed by atoms with Crippen LogP contribution in [0.5, 0.6) is 0 Å². The lowest BCUT2D eigenvalue weighted by molar-refractivity contribution is -0.330. The van der Waals surface area contributed by atoms with E-state index < -0.39 is 40.3 Å². The van der Waals surface area contributed by atoms with E-state index in [0.29, 0.717) is 6.92 Å². The third-order valence-corrected chi connectivity index (χ3v) is 3.43. The molecule has 0 aromatic rings. The van der Waals surface area contributed by atoms with E-state index in [-0.39, 0.29) is 6.08 Å². The van der Waals surface area contributed by atoms with Crippen molar-refractivity contribution in [1.82, 2.24) is 0 Å². The average Bonchev–Trinajstić information content (AvgIpc) is 2.40. The van der Waals surface area contributed by atoms with Crippen LogP contribution in [0.25, 0.3) is 0 Å². The van der Waals surface area contributed by atoms with E-state index in [2.05, 4.69) is 4.74 Å². The standard InChI is InChI=1S/C9H10O9/c1-6(13)8(15)5(12)18-4(11)7(8,14)2-3(10)9(6,16)17/h2,10,13-17H,1H3. The maximum Gasteiger partial charge on any atom is 0.353 e. The highest BCUT2D eigenvalue weighted by molar-refractivity contribution is 6.08. The van der Waals surface area contributed by atoms with Crippen molar-refractivity contribution in [3.05, 3.63) is 11.8 Å². The number of aliphatic hydroxyl groups excluding tert-OH is 1. The Balaban J connectivity index is 2.84. The highest BCUT2D eigenvalue weighted by Gasteiger charge is 2.82. The number of hydrogen-bond acceptors (Lipinski definition) is 9. The summed E-state index contributed by atoms with van der Waals surface area (Å²) in [6, 6.07) is 0. The van der Waals surface area contributed by atoms with Gasteiger partial charge in [-0.3, -0.25) is 0 Å². The zero-order valence-corrected chi connectivity index (χ0v) is 8.99. The molecule has 9 nitrogen and oxygen atoms in total. The molecule has 1 saturated heterocycles. The van der Waals surface area contributed by atoms with Crippen molar-refractivity contribution in [2.75, 3.05) is 0 Å². The average molecular weight is 262 g/mol. The van der Waals surface area contributed by atoms with E-state index in [9.17, 15) is 40.2 Å². The molecule has 0 bridgehead atoms. The van der Waals surface area contributed by atoms with Crippen LogP contribution in [0.2, 0.25) is 0 Å². The third-order valence-electron chi connectivity index (χ3n) is 3.43. The molecule has 0 amide bonds. The largest absolute Gasteiger partial charge is 0.507 e. The summed E-state index contributed by atoms with van der Waals surface area (Å²) in [5.41, 5.74) is -9.68. The molecule has 2 aliphatic rings. The Kier molecular flexibility index (Phi) is 2.08. The molecule has 18 heavy (non-hydrogen) atoms. The van der Waals surface area contributed by atoms with Crippen molar-refractivity contribution >= 4 is 11.9 Å². The van der Waals surface area contributed by atoms with Gasteiger partial charge in [0.2, 0.25) is 11.2 Å². The number of esters is 2. The molecule has 1 fully saturated rings. The first kappa shape index (κ1) is 12.9. The van der Waals surface area contributed by atoms with Crippen LogP contribution >= 0.6 is 0 Å². The summed E-state index contributed by atoms with van der Waals surface area (Å²) in [4.78, 5) is 22.7. The molecule has 9 heteroatoms. The first-order chi connectivity index (χ1) is 7.93. The Bertz CT molecular complexity index is 490. The van der Waals surface area contributed by atoms with Crippen molar-refractivity contribution in [1.29, 1.82) is 0 Å². The molecule has 6 N–H and O–H groups in total. The first-order valence-electron chi connectivity index (χ1n) is 4.74. The highest BCUT2D eigenvalue weighted by Crippen LogP contribution is 2.50. The molecule has 2 rings (SSSR count). The van der Waals surface area contributed by atoms with E-state index in [4.69, 9.17) is 0 Å². The number of rotatable bonds is 0. The van der Waals surface area contributed by atoms with Gasteiger partial charge in [-0.2, -0.15) is 0 Å². The minimum absolute atomic E-state index is 0.137. The minimum atomic E-state index is -3.46. The van der Waals surface area contributed by atoms with E-state index >= 15 is 0 Å². The Morgan fingerprint density at radius 1 is 1.06 bits per heavy atom. The second-order valence-corrected chi connectivity index (χ2v) is 4.43. The lowest BCUT2D eigenvalue weighted by Gasteiger charge is -2.49. The Labute approximate surface area is 99.2 Å². The summed E-state index contributed by atoms with van der Waals surface area (Å²) < 4.78 is 3.98. The molecule has 0 radical (unpaired) electrons. The number of aliphatic hydroxyl groups is 6. The predicted octanol–water partition coefficient (Wildman–Crippen LogP) is -3.58. The second kappa shape index (κ2) is 2.90. The van der Waals surface area contributed by atoms with Gasteiger partial charge in [-0.15, -0.1) is 0 Å². The predicted molar refractivity (Wildman–Crippen MR) is 49.5 cm³/mol. The van der Waals surface area contributed by atoms with E-state index in [1.165, 1.54) is 0 Å². The fourth-order valence-corrected chi connectivity index (χ4v) is 2.07. The second-order valence-electron chi connectivity index (χ2n) is 4.43. The molecule has 100 valence electrons. The SMILES string of the molecule is CC1(O)C(O)(O)C(O)=CC2(O)C(=O)OC(=O)C21O. The van der Waals surface area contributed by atoms with Gasteiger partial charge >= 0.3 is 11.9 Å². The molecular weight excluding hydrogens is 252 g/mol. The van der Waals surface area contributed by atoms with Gasteiger partial charge in [0.25, 0.3) is 5.79 Å². The number of ether oxygens (including phenoxy) is 1. The molecule has 1 aliphatic carbocycles. The number of carbonyl (C=O) groups excluding carboxylic acids is 2. The number of carbonyl (C=O) groups is 2. The van der Waals surface area contributed by atoms with Gasteiger partial charge in [-0.1, -0.05) is 0 Å². The highest BCUT2D eigenvalue weighted by atomic mass is 16.6. The lowest BCUT2D eigenvalue weighted by atomic mass is 9.64. The molecule has 3 atom stereocenters. The maximum atomic E-state index is 11.4. The van der Waals surface area contributed by atoms with Crippen LogP contribution < -0.4 is 0 Å². The van der Waals surface area contributed by atoms with Crippen LogP contribution in [0, 0.1) is 0 Å². The topological polar surface area (TPSA) is 165 Å². The third kappa shape index (κ3) is 0.955. The summed E-state index contributed by atoms with van der Waals surface area (Å²) in [7, 11) is 0. The normalized spacial score (nSPS) is 46.4. The molecule has 0 aromatic carbocycles. The van der Waals surface area contributed by atoms with Gasteiger partial charge in [-0.05, 0) is 6.92 Å². The van der Waals surface area contributed by atoms with Gasteiger partial charge in [-0.25, -0.2) is 9.59 Å². The van der Waals surface area contributed by atoms with Crippen LogP contribution in [0.15, 0.2) is 11.8 Å². The Hall–Kier alpha value is -1.52. The summed E-state index contributed by atoms with van der Waals surface area (Å²) in [5, 5.41) is 58.1. The molecule has 1 aliphatic heterocycles. The van der Waals surface area contributed by atoms with E-state index in [1.54, 1.807) is 0 Å². The van der Waals surface area contributed by atoms with Gasteiger partial charge in [0.15, 0.2) is 11.4 Å². The summed E-state index contributed by atoms with van der Waals surface area (Å²) >= 11 is 0. The molecule has 3 unspecified atom stereocenters. The van der Waals surface area contributed by atoms with Crippen LogP contribution in [-0.2, 0) is 14.3 Å². The van der Waals surface area contributed by atoms with E-state index in [0.717, 1.165) is 0 Å². The zero-order valence-electron chi connectivity index (χ0n) is 8.99. The molecule has 0 aromatic heterocycles. The minimum Gasteiger partial charge on any atom is -0.507 e. The summed E-state index contributed by atoms with van der Waals surface area (Å²) in [6.07, 6.45) is 0.137. The molecule has 0 saturated carbocycles. The molecular formula is C9H10O9. The van der Waals surface area contributed by atoms with Crippen molar-refractivity contribution in [2.24, 2.45) is 0 Å². The molecule has 1 heterocycles. The molecule has 0 spiro atoms. The van der Waals surface area contributed by atoms with Crippen molar-refractivity contribution in [3.8, 4) is 0 Å². The van der Waals surface area contributed by atoms with Crippen LogP contribution in [-0.4, -0.2) is 65.2 Å². The van der Waals surface area contributed by atoms with Gasteiger partial charge < -0.3 is 35.4 Å². The summed E-state index contributed by atoms with van der Waals surface area (Å²) in [6.45, 7) is 0.543. The fourth-order valence-electron chi connectivity index (χ4n) is 2.07. The quantitative estimate of drug-likeness (QED) is 0.147. The number of cyclic esters (lactones) is 2. The lowest BCUT2D eigenvalue weighted by Crippen LogP contribution is -2.78. The maximum absolute atomic E-state index is 11.4. The first-order valence-corrected chi connectivity index (χ1v) is 4.74. The van der Waals surface area contributed by atoms with Crippen molar-refractivity contribution in [2.45, 2.75) is 29.5 Å². The number of fused-ring (bicyclic) bond motifs is 1. The van der Waals surface area contributed by atoms with Crippen LogP contribution in [0.1, 0.15) is 6.92 Å². The van der Waals surface area contributed by atoms with Gasteiger partial charge in [0.05, 0.1) is 0 Å². The fraction of sp³-hybridized carbons (Fsp3) is 0.556. The summed E-state index contributed by atoms with van der Waals surface area (Å²) in [5.74, 6) is -8.29. The smallest absolute Gasteiger partial charge is 0.353 e. The zero-order chi connectivity index (χ0) is 14.1. The Morgan fingerprint density at radius 3 is 2.06 bits per heavy atom. The van der Waals surface area contributed by atoms with Crippen molar-refractivity contribution in [3.63, 3.8) is 0 Å². The Morgan fingerprint density at radius 2 is 1.56 bits per heavy atom.